The number of nitriles is 1. The van der Waals surface area contributed by atoms with Gasteiger partial charge in [0.1, 0.15) is 11.8 Å². The minimum absolute atomic E-state index is 0.530. The fourth-order valence-corrected chi connectivity index (χ4v) is 2.61. The lowest BCUT2D eigenvalue weighted by Crippen LogP contribution is -2.01. The summed E-state index contributed by atoms with van der Waals surface area (Å²) in [6.07, 6.45) is 0. The van der Waals surface area contributed by atoms with Gasteiger partial charge in [0, 0.05) is 21.7 Å². The molecule has 1 N–H and O–H groups in total. The molecular formula is C15H12BrClN2O. The number of hydrogen-bond acceptors (Lipinski definition) is 3. The standard InChI is InChI=1S/C15H12BrClN2O/c1-20-15-5-2-10(6-11(15)8-18)9-19-14-4-3-12(17)7-13(14)16/h2-7,19H,9H2,1H3. The van der Waals surface area contributed by atoms with E-state index in [1.807, 2.05) is 30.3 Å². The van der Waals surface area contributed by atoms with Gasteiger partial charge in [0.2, 0.25) is 0 Å². The van der Waals surface area contributed by atoms with Crippen molar-refractivity contribution < 1.29 is 4.74 Å². The van der Waals surface area contributed by atoms with Crippen molar-refractivity contribution in [2.75, 3.05) is 12.4 Å². The average molecular weight is 352 g/mol. The Morgan fingerprint density at radius 2 is 2.10 bits per heavy atom. The first-order chi connectivity index (χ1) is 9.63. The molecule has 0 aliphatic rings. The van der Waals surface area contributed by atoms with Crippen LogP contribution in [-0.2, 0) is 6.54 Å². The fraction of sp³-hybridized carbons (Fsp3) is 0.133. The Kier molecular flexibility index (Phi) is 4.89. The van der Waals surface area contributed by atoms with Crippen molar-refractivity contribution in [3.8, 4) is 11.8 Å². The molecule has 2 aromatic rings. The van der Waals surface area contributed by atoms with E-state index in [1.165, 1.54) is 0 Å². The van der Waals surface area contributed by atoms with Gasteiger partial charge in [-0.15, -0.1) is 0 Å². The summed E-state index contributed by atoms with van der Waals surface area (Å²) in [6.45, 7) is 0.610. The molecule has 0 saturated carbocycles. The van der Waals surface area contributed by atoms with Crippen LogP contribution in [0.5, 0.6) is 5.75 Å². The first kappa shape index (κ1) is 14.7. The van der Waals surface area contributed by atoms with E-state index < -0.39 is 0 Å². The number of hydrogen-bond donors (Lipinski definition) is 1. The number of methoxy groups -OCH3 is 1. The Bertz CT molecular complexity index is 667. The highest BCUT2D eigenvalue weighted by Gasteiger charge is 2.05. The second kappa shape index (κ2) is 6.65. The number of rotatable bonds is 4. The monoisotopic (exact) mass is 350 g/mol. The minimum atomic E-state index is 0.530. The molecule has 0 aliphatic heterocycles. The zero-order valence-corrected chi connectivity index (χ0v) is 13.1. The Balaban J connectivity index is 2.13. The number of ether oxygens (including phenoxy) is 1. The van der Waals surface area contributed by atoms with E-state index in [2.05, 4.69) is 27.3 Å². The maximum absolute atomic E-state index is 9.06. The maximum Gasteiger partial charge on any atom is 0.136 e. The molecule has 2 aromatic carbocycles. The van der Waals surface area contributed by atoms with E-state index in [-0.39, 0.29) is 0 Å². The molecule has 0 radical (unpaired) electrons. The molecular weight excluding hydrogens is 340 g/mol. The lowest BCUT2D eigenvalue weighted by atomic mass is 10.1. The van der Waals surface area contributed by atoms with Crippen LogP contribution < -0.4 is 10.1 Å². The van der Waals surface area contributed by atoms with E-state index in [0.29, 0.717) is 22.9 Å². The van der Waals surface area contributed by atoms with Crippen LogP contribution >= 0.6 is 27.5 Å². The topological polar surface area (TPSA) is 45.0 Å². The molecule has 0 spiro atoms. The van der Waals surface area contributed by atoms with E-state index in [9.17, 15) is 0 Å². The summed E-state index contributed by atoms with van der Waals surface area (Å²) >= 11 is 9.35. The number of nitrogens with one attached hydrogen (secondary N) is 1. The summed E-state index contributed by atoms with van der Waals surface area (Å²) < 4.78 is 6.02. The number of benzene rings is 2. The van der Waals surface area contributed by atoms with Crippen molar-refractivity contribution in [2.24, 2.45) is 0 Å². The number of anilines is 1. The quantitative estimate of drug-likeness (QED) is 0.876. The third-order valence-corrected chi connectivity index (χ3v) is 3.69. The summed E-state index contributed by atoms with van der Waals surface area (Å²) in [5.41, 5.74) is 2.48. The van der Waals surface area contributed by atoms with Gasteiger partial charge in [0.05, 0.1) is 12.7 Å². The van der Waals surface area contributed by atoms with Gasteiger partial charge in [-0.3, -0.25) is 0 Å². The molecule has 0 unspecified atom stereocenters. The van der Waals surface area contributed by atoms with Crippen molar-refractivity contribution in [2.45, 2.75) is 6.54 Å². The molecule has 0 heterocycles. The molecule has 0 amide bonds. The van der Waals surface area contributed by atoms with E-state index in [0.717, 1.165) is 15.7 Å². The van der Waals surface area contributed by atoms with Gasteiger partial charge >= 0.3 is 0 Å². The molecule has 0 aromatic heterocycles. The third kappa shape index (κ3) is 3.44. The van der Waals surface area contributed by atoms with Gasteiger partial charge in [0.15, 0.2) is 0 Å². The van der Waals surface area contributed by atoms with E-state index in [1.54, 1.807) is 13.2 Å². The predicted molar refractivity (Wildman–Crippen MR) is 84.2 cm³/mol. The smallest absolute Gasteiger partial charge is 0.136 e. The highest BCUT2D eigenvalue weighted by atomic mass is 79.9. The maximum atomic E-state index is 9.06. The molecule has 0 saturated heterocycles. The van der Waals surface area contributed by atoms with Crippen LogP contribution in [0.3, 0.4) is 0 Å². The summed E-state index contributed by atoms with van der Waals surface area (Å²) in [6, 6.07) is 13.2. The highest BCUT2D eigenvalue weighted by molar-refractivity contribution is 9.10. The van der Waals surface area contributed by atoms with Crippen LogP contribution in [0.25, 0.3) is 0 Å². The Morgan fingerprint density at radius 3 is 2.75 bits per heavy atom. The lowest BCUT2D eigenvalue weighted by Gasteiger charge is -2.10. The van der Waals surface area contributed by atoms with Crippen molar-refractivity contribution in [3.63, 3.8) is 0 Å². The zero-order valence-electron chi connectivity index (χ0n) is 10.8. The van der Waals surface area contributed by atoms with Gasteiger partial charge < -0.3 is 10.1 Å². The summed E-state index contributed by atoms with van der Waals surface area (Å²) in [5.74, 6) is 0.587. The highest BCUT2D eigenvalue weighted by Crippen LogP contribution is 2.26. The van der Waals surface area contributed by atoms with Crippen LogP contribution in [-0.4, -0.2) is 7.11 Å². The molecule has 5 heteroatoms. The molecule has 102 valence electrons. The molecule has 2 rings (SSSR count). The van der Waals surface area contributed by atoms with Gasteiger partial charge in [-0.05, 0) is 51.8 Å². The van der Waals surface area contributed by atoms with Gasteiger partial charge in [-0.25, -0.2) is 0 Å². The van der Waals surface area contributed by atoms with Gasteiger partial charge in [-0.2, -0.15) is 5.26 Å². The van der Waals surface area contributed by atoms with Crippen LogP contribution in [0.4, 0.5) is 5.69 Å². The first-order valence-electron chi connectivity index (χ1n) is 5.90. The molecule has 0 atom stereocenters. The second-order valence-corrected chi connectivity index (χ2v) is 5.41. The van der Waals surface area contributed by atoms with E-state index in [4.69, 9.17) is 21.6 Å². The fourth-order valence-electron chi connectivity index (χ4n) is 1.78. The van der Waals surface area contributed by atoms with Crippen LogP contribution in [0.15, 0.2) is 40.9 Å². The average Bonchev–Trinajstić information content (AvgIpc) is 2.46. The lowest BCUT2D eigenvalue weighted by molar-refractivity contribution is 0.413. The second-order valence-electron chi connectivity index (χ2n) is 4.12. The van der Waals surface area contributed by atoms with Crippen molar-refractivity contribution >= 4 is 33.2 Å². The van der Waals surface area contributed by atoms with Gasteiger partial charge in [0.25, 0.3) is 0 Å². The van der Waals surface area contributed by atoms with E-state index >= 15 is 0 Å². The predicted octanol–water partition coefficient (Wildman–Crippen LogP) is 4.59. The van der Waals surface area contributed by atoms with Gasteiger partial charge in [-0.1, -0.05) is 17.7 Å². The Labute approximate surface area is 131 Å². The largest absolute Gasteiger partial charge is 0.495 e. The van der Waals surface area contributed by atoms with Crippen LogP contribution in [0.1, 0.15) is 11.1 Å². The third-order valence-electron chi connectivity index (χ3n) is 2.80. The zero-order chi connectivity index (χ0) is 14.5. The summed E-state index contributed by atoms with van der Waals surface area (Å²) in [4.78, 5) is 0. The number of halogens is 2. The van der Waals surface area contributed by atoms with Crippen LogP contribution in [0.2, 0.25) is 5.02 Å². The Hall–Kier alpha value is -1.70. The number of nitrogens with zero attached hydrogens (tertiary/aromatic N) is 1. The molecule has 20 heavy (non-hydrogen) atoms. The first-order valence-corrected chi connectivity index (χ1v) is 7.07. The van der Waals surface area contributed by atoms with Crippen molar-refractivity contribution in [1.29, 1.82) is 5.26 Å². The van der Waals surface area contributed by atoms with Crippen LogP contribution in [0, 0.1) is 11.3 Å². The SMILES string of the molecule is COc1ccc(CNc2ccc(Cl)cc2Br)cc1C#N. The summed E-state index contributed by atoms with van der Waals surface area (Å²) in [7, 11) is 1.55. The molecule has 3 nitrogen and oxygen atoms in total. The molecule has 0 aliphatic carbocycles. The summed E-state index contributed by atoms with van der Waals surface area (Å²) in [5, 5.41) is 13.0. The molecule has 0 bridgehead atoms. The van der Waals surface area contributed by atoms with Crippen molar-refractivity contribution in [3.05, 3.63) is 57.0 Å². The molecule has 0 fully saturated rings. The van der Waals surface area contributed by atoms with Crippen molar-refractivity contribution in [1.82, 2.24) is 0 Å². The Morgan fingerprint density at radius 1 is 1.30 bits per heavy atom. The minimum Gasteiger partial charge on any atom is -0.495 e. The normalized spacial score (nSPS) is 9.90.